The quantitative estimate of drug-likeness (QED) is 0.365. The molecule has 0 saturated carbocycles. The van der Waals surface area contributed by atoms with Crippen molar-refractivity contribution in [3.63, 3.8) is 0 Å². The lowest BCUT2D eigenvalue weighted by molar-refractivity contribution is -0.149. The summed E-state index contributed by atoms with van der Waals surface area (Å²) in [6, 6.07) is 0. The van der Waals surface area contributed by atoms with Crippen LogP contribution in [0.1, 0.15) is 6.42 Å². The minimum atomic E-state index is -4.45. The minimum Gasteiger partial charge on any atom is -0.396 e. The van der Waals surface area contributed by atoms with Gasteiger partial charge in [-0.25, -0.2) is 0 Å². The SMILES string of the molecule is N=C(N)C(CSCCCO)C(F)(F)F. The van der Waals surface area contributed by atoms with Gasteiger partial charge < -0.3 is 10.8 Å². The van der Waals surface area contributed by atoms with Crippen molar-refractivity contribution in [1.82, 2.24) is 0 Å². The molecule has 84 valence electrons. The van der Waals surface area contributed by atoms with E-state index >= 15 is 0 Å². The summed E-state index contributed by atoms with van der Waals surface area (Å²) in [6.07, 6.45) is -3.99. The lowest BCUT2D eigenvalue weighted by atomic mass is 10.1. The first-order chi connectivity index (χ1) is 6.39. The molecule has 3 nitrogen and oxygen atoms in total. The fourth-order valence-corrected chi connectivity index (χ4v) is 1.83. The van der Waals surface area contributed by atoms with E-state index in [1.165, 1.54) is 0 Å². The normalized spacial score (nSPS) is 14.0. The van der Waals surface area contributed by atoms with Crippen molar-refractivity contribution in [3.05, 3.63) is 0 Å². The van der Waals surface area contributed by atoms with Gasteiger partial charge in [-0.15, -0.1) is 0 Å². The zero-order chi connectivity index (χ0) is 11.2. The molecule has 0 aliphatic rings. The molecule has 14 heavy (non-hydrogen) atoms. The molecule has 0 bridgehead atoms. The molecule has 0 spiro atoms. The predicted molar refractivity (Wildman–Crippen MR) is 50.5 cm³/mol. The number of aliphatic hydroxyl groups excluding tert-OH is 1. The lowest BCUT2D eigenvalue weighted by Crippen LogP contribution is -2.37. The molecule has 0 saturated heterocycles. The Balaban J connectivity index is 3.94. The van der Waals surface area contributed by atoms with Gasteiger partial charge in [-0.3, -0.25) is 5.41 Å². The van der Waals surface area contributed by atoms with Gasteiger partial charge in [-0.1, -0.05) is 0 Å². The second kappa shape index (κ2) is 6.13. The van der Waals surface area contributed by atoms with Crippen LogP contribution >= 0.6 is 11.8 Å². The molecule has 7 heteroatoms. The van der Waals surface area contributed by atoms with Crippen molar-refractivity contribution in [2.75, 3.05) is 18.1 Å². The number of thioether (sulfide) groups is 1. The molecule has 0 aromatic carbocycles. The molecule has 0 rings (SSSR count). The van der Waals surface area contributed by atoms with E-state index in [1.54, 1.807) is 0 Å². The topological polar surface area (TPSA) is 70.1 Å². The highest BCUT2D eigenvalue weighted by molar-refractivity contribution is 7.99. The van der Waals surface area contributed by atoms with E-state index in [4.69, 9.17) is 16.2 Å². The maximum Gasteiger partial charge on any atom is 0.399 e. The van der Waals surface area contributed by atoms with Crippen LogP contribution in [0.15, 0.2) is 0 Å². The van der Waals surface area contributed by atoms with Crippen molar-refractivity contribution in [3.8, 4) is 0 Å². The predicted octanol–water partition coefficient (Wildman–Crippen LogP) is 1.22. The van der Waals surface area contributed by atoms with Crippen LogP contribution in [-0.4, -0.2) is 35.2 Å². The third-order valence-electron chi connectivity index (χ3n) is 1.50. The third kappa shape index (κ3) is 5.33. The fourth-order valence-electron chi connectivity index (χ4n) is 0.728. The van der Waals surface area contributed by atoms with Crippen molar-refractivity contribution >= 4 is 17.6 Å². The van der Waals surface area contributed by atoms with Crippen LogP contribution in [0.5, 0.6) is 0 Å². The van der Waals surface area contributed by atoms with Crippen LogP contribution in [0.4, 0.5) is 13.2 Å². The highest BCUT2D eigenvalue weighted by Crippen LogP contribution is 2.29. The summed E-state index contributed by atoms with van der Waals surface area (Å²) in [4.78, 5) is 0. The Morgan fingerprint density at radius 3 is 2.43 bits per heavy atom. The Labute approximate surface area is 84.4 Å². The summed E-state index contributed by atoms with van der Waals surface area (Å²) < 4.78 is 36.6. The van der Waals surface area contributed by atoms with Crippen LogP contribution in [0, 0.1) is 11.3 Å². The highest BCUT2D eigenvalue weighted by Gasteiger charge is 2.41. The molecule has 0 heterocycles. The van der Waals surface area contributed by atoms with E-state index < -0.39 is 17.9 Å². The number of alkyl halides is 3. The second-order valence-corrected chi connectivity index (χ2v) is 3.85. The smallest absolute Gasteiger partial charge is 0.396 e. The first kappa shape index (κ1) is 13.6. The van der Waals surface area contributed by atoms with Gasteiger partial charge in [0.25, 0.3) is 0 Å². The van der Waals surface area contributed by atoms with Crippen molar-refractivity contribution in [2.24, 2.45) is 11.7 Å². The average Bonchev–Trinajstić information content (AvgIpc) is 2.01. The van der Waals surface area contributed by atoms with E-state index in [-0.39, 0.29) is 12.4 Å². The molecule has 0 aromatic rings. The summed E-state index contributed by atoms with van der Waals surface area (Å²) in [6.45, 7) is -0.0379. The number of hydrogen-bond donors (Lipinski definition) is 3. The number of nitrogens with one attached hydrogen (secondary N) is 1. The maximum atomic E-state index is 12.2. The molecular weight excluding hydrogens is 217 g/mol. The molecule has 0 aliphatic carbocycles. The highest BCUT2D eigenvalue weighted by atomic mass is 32.2. The van der Waals surface area contributed by atoms with E-state index in [1.807, 2.05) is 0 Å². The maximum absolute atomic E-state index is 12.2. The van der Waals surface area contributed by atoms with Crippen molar-refractivity contribution in [1.29, 1.82) is 5.41 Å². The third-order valence-corrected chi connectivity index (χ3v) is 2.65. The van der Waals surface area contributed by atoms with Crippen LogP contribution in [0.3, 0.4) is 0 Å². The van der Waals surface area contributed by atoms with Crippen LogP contribution in [0.25, 0.3) is 0 Å². The van der Waals surface area contributed by atoms with Gasteiger partial charge in [-0.05, 0) is 12.2 Å². The van der Waals surface area contributed by atoms with Gasteiger partial charge in [-0.2, -0.15) is 24.9 Å². The van der Waals surface area contributed by atoms with Crippen LogP contribution < -0.4 is 5.73 Å². The monoisotopic (exact) mass is 230 g/mol. The Morgan fingerprint density at radius 2 is 2.07 bits per heavy atom. The Hall–Kier alpha value is -0.430. The van der Waals surface area contributed by atoms with Gasteiger partial charge in [0.05, 0.1) is 0 Å². The molecule has 0 aromatic heterocycles. The molecule has 1 unspecified atom stereocenters. The number of nitrogens with two attached hydrogens (primary N) is 1. The summed E-state index contributed by atoms with van der Waals surface area (Å²) in [5.74, 6) is -2.53. The molecule has 0 aliphatic heterocycles. The Bertz CT molecular complexity index is 186. The number of rotatable bonds is 6. The fraction of sp³-hybridized carbons (Fsp3) is 0.857. The molecule has 0 amide bonds. The minimum absolute atomic E-state index is 0.0379. The van der Waals surface area contributed by atoms with E-state index in [0.29, 0.717) is 12.2 Å². The molecule has 1 atom stereocenters. The lowest BCUT2D eigenvalue weighted by Gasteiger charge is -2.18. The van der Waals surface area contributed by atoms with Crippen molar-refractivity contribution in [2.45, 2.75) is 12.6 Å². The zero-order valence-electron chi connectivity index (χ0n) is 7.47. The van der Waals surface area contributed by atoms with E-state index in [2.05, 4.69) is 0 Å². The number of hydrogen-bond acceptors (Lipinski definition) is 3. The van der Waals surface area contributed by atoms with Crippen LogP contribution in [0.2, 0.25) is 0 Å². The number of aliphatic hydroxyl groups is 1. The van der Waals surface area contributed by atoms with Gasteiger partial charge >= 0.3 is 6.18 Å². The van der Waals surface area contributed by atoms with Crippen LogP contribution in [-0.2, 0) is 0 Å². The van der Waals surface area contributed by atoms with Gasteiger partial charge in [0.2, 0.25) is 0 Å². The summed E-state index contributed by atoms with van der Waals surface area (Å²) in [7, 11) is 0. The Morgan fingerprint density at radius 1 is 1.50 bits per heavy atom. The first-order valence-electron chi connectivity index (χ1n) is 3.98. The zero-order valence-corrected chi connectivity index (χ0v) is 8.29. The molecular formula is C7H13F3N2OS. The molecule has 0 radical (unpaired) electrons. The number of halogens is 3. The van der Waals surface area contributed by atoms with Crippen molar-refractivity contribution < 1.29 is 18.3 Å². The van der Waals surface area contributed by atoms with Gasteiger partial charge in [0.15, 0.2) is 0 Å². The first-order valence-corrected chi connectivity index (χ1v) is 5.14. The summed E-state index contributed by atoms with van der Waals surface area (Å²) in [5.41, 5.74) is 4.84. The number of amidine groups is 1. The Kier molecular flexibility index (Phi) is 5.94. The molecule has 0 fully saturated rings. The van der Waals surface area contributed by atoms with Gasteiger partial charge in [0, 0.05) is 12.4 Å². The standard InChI is InChI=1S/C7H13F3N2OS/c8-7(9,10)5(6(11)12)4-14-3-1-2-13/h5,13H,1-4H2,(H3,11,12). The van der Waals surface area contributed by atoms with Gasteiger partial charge in [0.1, 0.15) is 11.8 Å². The molecule has 4 N–H and O–H groups in total. The average molecular weight is 230 g/mol. The van der Waals surface area contributed by atoms with E-state index in [0.717, 1.165) is 11.8 Å². The summed E-state index contributed by atoms with van der Waals surface area (Å²) >= 11 is 1.04. The van der Waals surface area contributed by atoms with E-state index in [9.17, 15) is 13.2 Å². The summed E-state index contributed by atoms with van der Waals surface area (Å²) in [5, 5.41) is 15.2. The largest absolute Gasteiger partial charge is 0.399 e. The second-order valence-electron chi connectivity index (χ2n) is 2.70.